The Bertz CT molecular complexity index is 127. The quantitative estimate of drug-likeness (QED) is 0.600. The fourth-order valence-corrected chi connectivity index (χ4v) is 0.735. The Morgan fingerprint density at radius 2 is 2.25 bits per heavy atom. The third kappa shape index (κ3) is 5.09. The Kier molecular flexibility index (Phi) is 6.70. The van der Waals surface area contributed by atoms with Crippen LogP contribution >= 0.6 is 0 Å². The summed E-state index contributed by atoms with van der Waals surface area (Å²) in [5, 5.41) is 9.60. The number of carbonyl (C=O) groups is 1. The molecule has 0 unspecified atom stereocenters. The van der Waals surface area contributed by atoms with Crippen LogP contribution in [0.1, 0.15) is 26.2 Å². The second-order valence-corrected chi connectivity index (χ2v) is 2.55. The van der Waals surface area contributed by atoms with Gasteiger partial charge in [0, 0.05) is 13.5 Å². The first-order chi connectivity index (χ1) is 5.72. The van der Waals surface area contributed by atoms with Gasteiger partial charge in [-0.15, -0.1) is 0 Å². The van der Waals surface area contributed by atoms with Gasteiger partial charge in [-0.25, -0.2) is 5.06 Å². The smallest absolute Gasteiger partial charge is 0.245 e. The van der Waals surface area contributed by atoms with Crippen LogP contribution in [0.15, 0.2) is 0 Å². The minimum absolute atomic E-state index is 0.0368. The fourth-order valence-electron chi connectivity index (χ4n) is 0.735. The molecule has 0 radical (unpaired) electrons. The van der Waals surface area contributed by atoms with E-state index < -0.39 is 0 Å². The highest BCUT2D eigenvalue weighted by molar-refractivity contribution is 5.74. The molecule has 1 amide bonds. The van der Waals surface area contributed by atoms with Crippen LogP contribution in [0, 0.1) is 0 Å². The first kappa shape index (κ1) is 11.4. The Hall–Kier alpha value is -0.610. The predicted octanol–water partition coefficient (Wildman–Crippen LogP) is 0.559. The van der Waals surface area contributed by atoms with Gasteiger partial charge >= 0.3 is 0 Å². The summed E-state index contributed by atoms with van der Waals surface area (Å²) in [6, 6.07) is 0. The van der Waals surface area contributed by atoms with E-state index in [0.29, 0.717) is 6.42 Å². The molecule has 12 heavy (non-hydrogen) atoms. The molecule has 0 bridgehead atoms. The van der Waals surface area contributed by atoms with Crippen LogP contribution in [0.2, 0.25) is 0 Å². The molecular formula is C8H17NO3. The first-order valence-corrected chi connectivity index (χ1v) is 4.22. The van der Waals surface area contributed by atoms with E-state index in [4.69, 9.17) is 9.94 Å². The van der Waals surface area contributed by atoms with E-state index in [1.165, 1.54) is 5.06 Å². The second-order valence-electron chi connectivity index (χ2n) is 2.55. The SMILES string of the molecule is CCCCC(=O)N(C)OCCO. The van der Waals surface area contributed by atoms with Gasteiger partial charge in [-0.1, -0.05) is 13.3 Å². The molecule has 0 aromatic heterocycles. The van der Waals surface area contributed by atoms with Gasteiger partial charge in [0.05, 0.1) is 13.2 Å². The Balaban J connectivity index is 3.47. The molecule has 0 rings (SSSR count). The zero-order valence-electron chi connectivity index (χ0n) is 7.75. The number of hydroxylamine groups is 2. The van der Waals surface area contributed by atoms with Crippen LogP contribution < -0.4 is 0 Å². The standard InChI is InChI=1S/C8H17NO3/c1-3-4-5-8(11)9(2)12-7-6-10/h10H,3-7H2,1-2H3. The molecule has 0 aliphatic carbocycles. The van der Waals surface area contributed by atoms with Crippen molar-refractivity contribution in [1.82, 2.24) is 5.06 Å². The van der Waals surface area contributed by atoms with Crippen molar-refractivity contribution in [3.8, 4) is 0 Å². The molecule has 1 N–H and O–H groups in total. The summed E-state index contributed by atoms with van der Waals surface area (Å²) < 4.78 is 0. The molecule has 0 aliphatic heterocycles. The molecule has 0 atom stereocenters. The number of nitrogens with zero attached hydrogens (tertiary/aromatic N) is 1. The molecular weight excluding hydrogens is 158 g/mol. The van der Waals surface area contributed by atoms with E-state index in [2.05, 4.69) is 0 Å². The average Bonchev–Trinajstić information content (AvgIpc) is 2.10. The van der Waals surface area contributed by atoms with E-state index in [0.717, 1.165) is 12.8 Å². The fraction of sp³-hybridized carbons (Fsp3) is 0.875. The summed E-state index contributed by atoms with van der Waals surface area (Å²) in [5.41, 5.74) is 0. The van der Waals surface area contributed by atoms with Gasteiger partial charge < -0.3 is 5.11 Å². The Morgan fingerprint density at radius 1 is 1.58 bits per heavy atom. The van der Waals surface area contributed by atoms with Crippen molar-refractivity contribution in [1.29, 1.82) is 0 Å². The van der Waals surface area contributed by atoms with Gasteiger partial charge in [-0.3, -0.25) is 9.63 Å². The number of hydrogen-bond donors (Lipinski definition) is 1. The summed E-state index contributed by atoms with van der Waals surface area (Å²) >= 11 is 0. The lowest BCUT2D eigenvalue weighted by atomic mass is 10.2. The lowest BCUT2D eigenvalue weighted by molar-refractivity contribution is -0.180. The number of rotatable bonds is 6. The first-order valence-electron chi connectivity index (χ1n) is 4.22. The predicted molar refractivity (Wildman–Crippen MR) is 45.3 cm³/mol. The molecule has 0 saturated heterocycles. The van der Waals surface area contributed by atoms with Crippen molar-refractivity contribution in [3.63, 3.8) is 0 Å². The number of aliphatic hydroxyl groups excluding tert-OH is 1. The van der Waals surface area contributed by atoms with Gasteiger partial charge in [0.25, 0.3) is 0 Å². The summed E-state index contributed by atoms with van der Waals surface area (Å²) in [7, 11) is 1.56. The number of carbonyl (C=O) groups excluding carboxylic acids is 1. The Labute approximate surface area is 73.1 Å². The van der Waals surface area contributed by atoms with Crippen LogP contribution in [-0.2, 0) is 9.63 Å². The van der Waals surface area contributed by atoms with Gasteiger partial charge in [0.15, 0.2) is 0 Å². The molecule has 0 aromatic rings. The van der Waals surface area contributed by atoms with Gasteiger partial charge in [0.2, 0.25) is 5.91 Å². The largest absolute Gasteiger partial charge is 0.394 e. The molecule has 0 heterocycles. The zero-order chi connectivity index (χ0) is 9.40. The summed E-state index contributed by atoms with van der Waals surface area (Å²) in [6.07, 6.45) is 2.39. The lowest BCUT2D eigenvalue weighted by Crippen LogP contribution is -2.27. The van der Waals surface area contributed by atoms with Crippen LogP contribution in [0.5, 0.6) is 0 Å². The Morgan fingerprint density at radius 3 is 2.75 bits per heavy atom. The van der Waals surface area contributed by atoms with Crippen molar-refractivity contribution in [2.24, 2.45) is 0 Å². The maximum Gasteiger partial charge on any atom is 0.245 e. The molecule has 0 saturated carbocycles. The minimum Gasteiger partial charge on any atom is -0.394 e. The van der Waals surface area contributed by atoms with Crippen LogP contribution in [0.4, 0.5) is 0 Å². The normalized spacial score (nSPS) is 9.92. The van der Waals surface area contributed by atoms with Gasteiger partial charge in [0.1, 0.15) is 0 Å². The van der Waals surface area contributed by atoms with Gasteiger partial charge in [-0.2, -0.15) is 0 Å². The zero-order valence-corrected chi connectivity index (χ0v) is 7.75. The van der Waals surface area contributed by atoms with E-state index in [-0.39, 0.29) is 19.1 Å². The highest BCUT2D eigenvalue weighted by Gasteiger charge is 2.07. The topological polar surface area (TPSA) is 49.8 Å². The minimum atomic E-state index is -0.0641. The molecule has 0 aliphatic rings. The molecule has 0 aromatic carbocycles. The molecule has 4 nitrogen and oxygen atoms in total. The van der Waals surface area contributed by atoms with E-state index in [1.807, 2.05) is 6.92 Å². The number of hydrogen-bond acceptors (Lipinski definition) is 3. The lowest BCUT2D eigenvalue weighted by Gasteiger charge is -2.15. The van der Waals surface area contributed by atoms with E-state index >= 15 is 0 Å². The highest BCUT2D eigenvalue weighted by atomic mass is 16.7. The highest BCUT2D eigenvalue weighted by Crippen LogP contribution is 1.98. The third-order valence-electron chi connectivity index (χ3n) is 1.47. The molecule has 72 valence electrons. The summed E-state index contributed by atoms with van der Waals surface area (Å²) in [6.45, 7) is 2.14. The van der Waals surface area contributed by atoms with Crippen molar-refractivity contribution >= 4 is 5.91 Å². The van der Waals surface area contributed by atoms with E-state index in [9.17, 15) is 4.79 Å². The summed E-state index contributed by atoms with van der Waals surface area (Å²) in [4.78, 5) is 16.0. The molecule has 4 heteroatoms. The molecule has 0 fully saturated rings. The van der Waals surface area contributed by atoms with Gasteiger partial charge in [-0.05, 0) is 6.42 Å². The van der Waals surface area contributed by atoms with Crippen LogP contribution in [-0.4, -0.2) is 36.3 Å². The number of unbranched alkanes of at least 4 members (excludes halogenated alkanes) is 1. The molecule has 0 spiro atoms. The monoisotopic (exact) mass is 175 g/mol. The van der Waals surface area contributed by atoms with E-state index in [1.54, 1.807) is 7.05 Å². The summed E-state index contributed by atoms with van der Waals surface area (Å²) in [5.74, 6) is -0.0368. The number of aliphatic hydroxyl groups is 1. The second kappa shape index (κ2) is 7.06. The average molecular weight is 175 g/mol. The van der Waals surface area contributed by atoms with Crippen molar-refractivity contribution in [2.75, 3.05) is 20.3 Å². The van der Waals surface area contributed by atoms with Crippen molar-refractivity contribution in [3.05, 3.63) is 0 Å². The van der Waals surface area contributed by atoms with Crippen LogP contribution in [0.3, 0.4) is 0 Å². The number of amides is 1. The van der Waals surface area contributed by atoms with Crippen molar-refractivity contribution < 1.29 is 14.7 Å². The maximum atomic E-state index is 11.1. The van der Waals surface area contributed by atoms with Crippen LogP contribution in [0.25, 0.3) is 0 Å². The third-order valence-corrected chi connectivity index (χ3v) is 1.47. The maximum absolute atomic E-state index is 11.1. The van der Waals surface area contributed by atoms with Crippen molar-refractivity contribution in [2.45, 2.75) is 26.2 Å².